The van der Waals surface area contributed by atoms with E-state index < -0.39 is 0 Å². The fraction of sp³-hybridized carbons (Fsp3) is 0.571. The summed E-state index contributed by atoms with van der Waals surface area (Å²) < 4.78 is 5.16. The van der Waals surface area contributed by atoms with E-state index in [1.807, 2.05) is 5.38 Å². The Morgan fingerprint density at radius 1 is 1.36 bits per heavy atom. The van der Waals surface area contributed by atoms with Crippen molar-refractivity contribution in [3.63, 3.8) is 0 Å². The molecule has 28 heavy (non-hydrogen) atoms. The summed E-state index contributed by atoms with van der Waals surface area (Å²) in [7, 11) is 0. The van der Waals surface area contributed by atoms with Crippen LogP contribution in [0.25, 0.3) is 0 Å². The molecule has 2 aromatic rings. The number of nitrogens with one attached hydrogen (secondary N) is 2. The van der Waals surface area contributed by atoms with Gasteiger partial charge in [0.25, 0.3) is 5.91 Å². The molecule has 2 aliphatic carbocycles. The highest BCUT2D eigenvalue weighted by Crippen LogP contribution is 2.65. The average molecular weight is 402 g/mol. The van der Waals surface area contributed by atoms with Crippen LogP contribution in [0.2, 0.25) is 0 Å². The molecule has 0 aromatic carbocycles. The van der Waals surface area contributed by atoms with Gasteiger partial charge in [0.2, 0.25) is 5.91 Å². The third kappa shape index (κ3) is 3.05. The molecule has 2 bridgehead atoms. The zero-order valence-corrected chi connectivity index (χ0v) is 17.6. The number of rotatable bonds is 5. The van der Waals surface area contributed by atoms with Gasteiger partial charge in [0.05, 0.1) is 23.9 Å². The quantitative estimate of drug-likeness (QED) is 0.787. The van der Waals surface area contributed by atoms with Gasteiger partial charge >= 0.3 is 0 Å². The molecule has 3 atom stereocenters. The highest BCUT2D eigenvalue weighted by atomic mass is 32.1. The van der Waals surface area contributed by atoms with Crippen LogP contribution in [-0.2, 0) is 11.2 Å². The Morgan fingerprint density at radius 3 is 2.75 bits per heavy atom. The van der Waals surface area contributed by atoms with E-state index in [9.17, 15) is 9.59 Å². The molecule has 3 unspecified atom stereocenters. The molecule has 2 saturated carbocycles. The molecule has 0 spiro atoms. The van der Waals surface area contributed by atoms with E-state index in [0.717, 1.165) is 6.42 Å². The van der Waals surface area contributed by atoms with E-state index in [1.165, 1.54) is 30.4 Å². The monoisotopic (exact) mass is 401 g/mol. The number of aromatic nitrogens is 1. The van der Waals surface area contributed by atoms with E-state index in [4.69, 9.17) is 4.42 Å². The summed E-state index contributed by atoms with van der Waals surface area (Å²) in [5, 5.41) is 8.34. The summed E-state index contributed by atoms with van der Waals surface area (Å²) in [5.74, 6) is 1.00. The molecule has 2 fully saturated rings. The third-order valence-electron chi connectivity index (χ3n) is 7.35. The number of aryl methyl sites for hydroxylation is 1. The van der Waals surface area contributed by atoms with Gasteiger partial charge in [-0.05, 0) is 49.0 Å². The van der Waals surface area contributed by atoms with Crippen molar-refractivity contribution >= 4 is 28.3 Å². The molecule has 2 aromatic heterocycles. The Bertz CT molecular complexity index is 916. The largest absolute Gasteiger partial charge is 0.469 e. The fourth-order valence-electron chi connectivity index (χ4n) is 5.06. The van der Waals surface area contributed by atoms with Crippen molar-refractivity contribution in [1.29, 1.82) is 0 Å². The van der Waals surface area contributed by atoms with Crippen LogP contribution in [0.4, 0.5) is 5.13 Å². The maximum atomic E-state index is 12.6. The first-order valence-corrected chi connectivity index (χ1v) is 10.7. The number of carbonyl (C=O) groups excluding carboxylic acids is 2. The maximum absolute atomic E-state index is 12.6. The molecule has 2 amide bonds. The summed E-state index contributed by atoms with van der Waals surface area (Å²) in [6.45, 7) is 8.74. The SMILES string of the molecule is Cc1occc1C(=O)Nc1nc(CC(=O)NC2CC3CCC2(C)C3(C)C)cs1. The first kappa shape index (κ1) is 19.2. The molecule has 7 heteroatoms. The van der Waals surface area contributed by atoms with Crippen LogP contribution in [0.1, 0.15) is 61.8 Å². The van der Waals surface area contributed by atoms with Crippen molar-refractivity contribution in [3.05, 3.63) is 34.7 Å². The van der Waals surface area contributed by atoms with Crippen LogP contribution in [0.15, 0.2) is 22.1 Å². The van der Waals surface area contributed by atoms with Crippen LogP contribution in [-0.4, -0.2) is 22.8 Å². The number of hydrogen-bond acceptors (Lipinski definition) is 5. The number of amides is 2. The number of hydrogen-bond donors (Lipinski definition) is 2. The number of thiazole rings is 1. The number of anilines is 1. The van der Waals surface area contributed by atoms with E-state index >= 15 is 0 Å². The van der Waals surface area contributed by atoms with Gasteiger partial charge in [-0.25, -0.2) is 4.98 Å². The highest BCUT2D eigenvalue weighted by molar-refractivity contribution is 7.14. The van der Waals surface area contributed by atoms with E-state index in [2.05, 4.69) is 36.4 Å². The Balaban J connectivity index is 1.35. The predicted octanol–water partition coefficient (Wildman–Crippen LogP) is 4.17. The fourth-order valence-corrected chi connectivity index (χ4v) is 5.77. The van der Waals surface area contributed by atoms with Crippen molar-refractivity contribution in [2.75, 3.05) is 5.32 Å². The van der Waals surface area contributed by atoms with Crippen LogP contribution in [0.3, 0.4) is 0 Å². The standard InChI is InChI=1S/C21H27N3O3S/c1-12-15(6-8-27-12)18(26)24-19-22-14(11-28-19)10-17(25)23-16-9-13-5-7-21(16,4)20(13,2)3/h6,8,11,13,16H,5,7,9-10H2,1-4H3,(H,23,25)(H,22,24,26). The summed E-state index contributed by atoms with van der Waals surface area (Å²) >= 11 is 1.32. The summed E-state index contributed by atoms with van der Waals surface area (Å²) in [5.41, 5.74) is 1.60. The van der Waals surface area contributed by atoms with E-state index in [0.29, 0.717) is 28.1 Å². The number of carbonyl (C=O) groups is 2. The van der Waals surface area contributed by atoms with Gasteiger partial charge in [0, 0.05) is 11.4 Å². The normalized spacial score (nSPS) is 27.7. The molecular weight excluding hydrogens is 374 g/mol. The van der Waals surface area contributed by atoms with Crippen LogP contribution < -0.4 is 10.6 Å². The molecule has 2 heterocycles. The second-order valence-electron chi connectivity index (χ2n) is 8.90. The van der Waals surface area contributed by atoms with Gasteiger partial charge in [-0.2, -0.15) is 0 Å². The first-order valence-electron chi connectivity index (χ1n) is 9.80. The summed E-state index contributed by atoms with van der Waals surface area (Å²) in [4.78, 5) is 29.3. The lowest BCUT2D eigenvalue weighted by Crippen LogP contribution is -2.47. The molecule has 0 radical (unpaired) electrons. The Kier molecular flexibility index (Phi) is 4.61. The second-order valence-corrected chi connectivity index (χ2v) is 9.75. The Hall–Kier alpha value is -2.15. The average Bonchev–Trinajstić information content (AvgIpc) is 3.33. The molecule has 2 N–H and O–H groups in total. The highest BCUT2D eigenvalue weighted by Gasteiger charge is 2.61. The van der Waals surface area contributed by atoms with Crippen LogP contribution in [0, 0.1) is 23.7 Å². The molecule has 4 rings (SSSR count). The van der Waals surface area contributed by atoms with Crippen LogP contribution in [0.5, 0.6) is 0 Å². The maximum Gasteiger partial charge on any atom is 0.260 e. The minimum Gasteiger partial charge on any atom is -0.469 e. The second kappa shape index (κ2) is 6.72. The van der Waals surface area contributed by atoms with Gasteiger partial charge in [0.15, 0.2) is 5.13 Å². The molecule has 0 aliphatic heterocycles. The Labute approximate surface area is 169 Å². The molecular formula is C21H27N3O3S. The zero-order chi connectivity index (χ0) is 20.1. The molecule has 0 saturated heterocycles. The van der Waals surface area contributed by atoms with Gasteiger partial charge in [-0.3, -0.25) is 14.9 Å². The van der Waals surface area contributed by atoms with Crippen LogP contribution >= 0.6 is 11.3 Å². The van der Waals surface area contributed by atoms with E-state index in [1.54, 1.807) is 13.0 Å². The minimum atomic E-state index is -0.256. The van der Waals surface area contributed by atoms with Gasteiger partial charge < -0.3 is 9.73 Å². The lowest BCUT2D eigenvalue weighted by Gasteiger charge is -2.39. The topological polar surface area (TPSA) is 84.2 Å². The van der Waals surface area contributed by atoms with Crippen molar-refractivity contribution in [1.82, 2.24) is 10.3 Å². The zero-order valence-electron chi connectivity index (χ0n) is 16.8. The van der Waals surface area contributed by atoms with Gasteiger partial charge in [-0.1, -0.05) is 20.8 Å². The Morgan fingerprint density at radius 2 is 2.14 bits per heavy atom. The lowest BCUT2D eigenvalue weighted by atomic mass is 9.69. The summed E-state index contributed by atoms with van der Waals surface area (Å²) in [6, 6.07) is 1.86. The molecule has 6 nitrogen and oxygen atoms in total. The summed E-state index contributed by atoms with van der Waals surface area (Å²) in [6.07, 6.45) is 5.23. The lowest BCUT2D eigenvalue weighted by molar-refractivity contribution is -0.122. The first-order chi connectivity index (χ1) is 13.2. The molecule has 150 valence electrons. The van der Waals surface area contributed by atoms with Crippen molar-refractivity contribution in [2.45, 2.75) is 59.4 Å². The predicted molar refractivity (Wildman–Crippen MR) is 108 cm³/mol. The minimum absolute atomic E-state index is 0.00318. The van der Waals surface area contributed by atoms with Crippen molar-refractivity contribution in [2.24, 2.45) is 16.7 Å². The number of furan rings is 1. The van der Waals surface area contributed by atoms with E-state index in [-0.39, 0.29) is 35.1 Å². The van der Waals surface area contributed by atoms with Crippen molar-refractivity contribution in [3.8, 4) is 0 Å². The third-order valence-corrected chi connectivity index (χ3v) is 8.15. The number of nitrogens with zero attached hydrogens (tertiary/aromatic N) is 1. The van der Waals surface area contributed by atoms with Gasteiger partial charge in [-0.15, -0.1) is 11.3 Å². The molecule has 2 aliphatic rings. The number of fused-ring (bicyclic) bond motifs is 2. The van der Waals surface area contributed by atoms with Gasteiger partial charge in [0.1, 0.15) is 5.76 Å². The smallest absolute Gasteiger partial charge is 0.260 e. The van der Waals surface area contributed by atoms with Crippen molar-refractivity contribution < 1.29 is 14.0 Å².